The second-order valence-electron chi connectivity index (χ2n) is 4.23. The molecule has 0 aromatic heterocycles. The van der Waals surface area contributed by atoms with Crippen molar-refractivity contribution in [1.82, 2.24) is 0 Å². The van der Waals surface area contributed by atoms with Crippen LogP contribution in [-0.4, -0.2) is 34.4 Å². The highest BCUT2D eigenvalue weighted by Gasteiger charge is 2.21. The van der Waals surface area contributed by atoms with Crippen LogP contribution in [0.3, 0.4) is 0 Å². The molecule has 0 saturated carbocycles. The van der Waals surface area contributed by atoms with Crippen LogP contribution in [0.2, 0.25) is 0 Å². The average Bonchev–Trinajstić information content (AvgIpc) is 2.39. The molecule has 1 rings (SSSR count). The van der Waals surface area contributed by atoms with E-state index >= 15 is 0 Å². The summed E-state index contributed by atoms with van der Waals surface area (Å²) in [5.74, 6) is 0.774. The van der Waals surface area contributed by atoms with Crippen LogP contribution in [0, 0.1) is 0 Å². The number of sulfonamides is 1. The monoisotopic (exact) mass is 286 g/mol. The molecule has 108 valence electrons. The normalized spacial score (nSPS) is 11.3. The number of anilines is 1. The summed E-state index contributed by atoms with van der Waals surface area (Å²) in [6, 6.07) is 7.07. The van der Waals surface area contributed by atoms with E-state index in [0.717, 1.165) is 0 Å². The van der Waals surface area contributed by atoms with E-state index in [2.05, 4.69) is 0 Å². The molecule has 0 fully saturated rings. The zero-order valence-electron chi connectivity index (χ0n) is 11.5. The van der Waals surface area contributed by atoms with Crippen molar-refractivity contribution in [1.29, 1.82) is 0 Å². The number of ether oxygens (including phenoxy) is 1. The predicted octanol–water partition coefficient (Wildman–Crippen LogP) is 1.59. The van der Waals surface area contributed by atoms with Gasteiger partial charge in [0.25, 0.3) is 0 Å². The maximum atomic E-state index is 12.3. The maximum absolute atomic E-state index is 12.3. The summed E-state index contributed by atoms with van der Waals surface area (Å²) in [5, 5.41) is 0. The van der Waals surface area contributed by atoms with Crippen molar-refractivity contribution < 1.29 is 13.2 Å². The quantitative estimate of drug-likeness (QED) is 0.787. The molecular weight excluding hydrogens is 264 g/mol. The number of hydrogen-bond acceptors (Lipinski definition) is 4. The standard InChI is InChI=1S/C13H22N2O3S/c1-3-10-19(16,17)15(9-5-8-14)12-6-4-7-13(11-12)18-2/h4,6-7,11H,3,5,8-10,14H2,1-2H3. The topological polar surface area (TPSA) is 72.6 Å². The van der Waals surface area contributed by atoms with Crippen LogP contribution in [0.4, 0.5) is 5.69 Å². The van der Waals surface area contributed by atoms with E-state index in [9.17, 15) is 8.42 Å². The van der Waals surface area contributed by atoms with Gasteiger partial charge in [0.05, 0.1) is 18.6 Å². The van der Waals surface area contributed by atoms with Crippen molar-refractivity contribution in [3.8, 4) is 5.75 Å². The molecule has 0 aliphatic rings. The van der Waals surface area contributed by atoms with Crippen LogP contribution in [0.25, 0.3) is 0 Å². The van der Waals surface area contributed by atoms with Crippen LogP contribution in [0.5, 0.6) is 5.75 Å². The average molecular weight is 286 g/mol. The van der Waals surface area contributed by atoms with Gasteiger partial charge in [0.2, 0.25) is 10.0 Å². The highest BCUT2D eigenvalue weighted by Crippen LogP contribution is 2.24. The summed E-state index contributed by atoms with van der Waals surface area (Å²) in [6.45, 7) is 2.71. The fourth-order valence-electron chi connectivity index (χ4n) is 1.80. The summed E-state index contributed by atoms with van der Waals surface area (Å²) in [4.78, 5) is 0. The van der Waals surface area contributed by atoms with Gasteiger partial charge in [-0.2, -0.15) is 0 Å². The van der Waals surface area contributed by atoms with Crippen molar-refractivity contribution in [2.24, 2.45) is 5.73 Å². The zero-order valence-corrected chi connectivity index (χ0v) is 12.3. The van der Waals surface area contributed by atoms with Gasteiger partial charge in [0, 0.05) is 12.6 Å². The van der Waals surface area contributed by atoms with Crippen LogP contribution in [0.15, 0.2) is 24.3 Å². The lowest BCUT2D eigenvalue weighted by atomic mass is 10.3. The van der Waals surface area contributed by atoms with E-state index in [4.69, 9.17) is 10.5 Å². The van der Waals surface area contributed by atoms with Gasteiger partial charge in [-0.05, 0) is 31.5 Å². The zero-order chi connectivity index (χ0) is 14.3. The highest BCUT2D eigenvalue weighted by molar-refractivity contribution is 7.92. The molecule has 0 amide bonds. The van der Waals surface area contributed by atoms with Crippen LogP contribution < -0.4 is 14.8 Å². The molecule has 1 aromatic rings. The third-order valence-electron chi connectivity index (χ3n) is 2.70. The van der Waals surface area contributed by atoms with Gasteiger partial charge < -0.3 is 10.5 Å². The van der Waals surface area contributed by atoms with Gasteiger partial charge in [-0.15, -0.1) is 0 Å². The minimum Gasteiger partial charge on any atom is -0.497 e. The van der Waals surface area contributed by atoms with E-state index in [0.29, 0.717) is 37.4 Å². The molecule has 6 heteroatoms. The predicted molar refractivity (Wildman–Crippen MR) is 78.1 cm³/mol. The molecule has 1 aromatic carbocycles. The number of benzene rings is 1. The molecule has 2 N–H and O–H groups in total. The second kappa shape index (κ2) is 7.35. The number of nitrogens with two attached hydrogens (primary N) is 1. The first-order valence-electron chi connectivity index (χ1n) is 6.39. The lowest BCUT2D eigenvalue weighted by Gasteiger charge is -2.24. The number of nitrogens with zero attached hydrogens (tertiary/aromatic N) is 1. The van der Waals surface area contributed by atoms with Gasteiger partial charge in [0.1, 0.15) is 5.75 Å². The Kier molecular flexibility index (Phi) is 6.11. The second-order valence-corrected chi connectivity index (χ2v) is 6.24. The molecule has 0 bridgehead atoms. The van der Waals surface area contributed by atoms with Gasteiger partial charge in [0.15, 0.2) is 0 Å². The minimum absolute atomic E-state index is 0.134. The Morgan fingerprint density at radius 2 is 2.11 bits per heavy atom. The third-order valence-corrected chi connectivity index (χ3v) is 4.69. The van der Waals surface area contributed by atoms with E-state index in [-0.39, 0.29) is 5.75 Å². The van der Waals surface area contributed by atoms with Gasteiger partial charge in [-0.3, -0.25) is 4.31 Å². The highest BCUT2D eigenvalue weighted by atomic mass is 32.2. The van der Waals surface area contributed by atoms with Crippen LogP contribution >= 0.6 is 0 Å². The first-order chi connectivity index (χ1) is 9.05. The summed E-state index contributed by atoms with van der Waals surface area (Å²) >= 11 is 0. The summed E-state index contributed by atoms with van der Waals surface area (Å²) in [7, 11) is -1.74. The Hall–Kier alpha value is -1.27. The van der Waals surface area contributed by atoms with Crippen LogP contribution in [0.1, 0.15) is 19.8 Å². The Labute approximate surface area is 115 Å². The number of rotatable bonds is 8. The maximum Gasteiger partial charge on any atom is 0.235 e. The van der Waals surface area contributed by atoms with Crippen molar-refractivity contribution in [3.63, 3.8) is 0 Å². The molecule has 0 aliphatic carbocycles. The molecule has 0 spiro atoms. The Balaban J connectivity index is 3.08. The fourth-order valence-corrected chi connectivity index (χ4v) is 3.38. The molecule has 0 atom stereocenters. The van der Waals surface area contributed by atoms with Crippen molar-refractivity contribution in [3.05, 3.63) is 24.3 Å². The summed E-state index contributed by atoms with van der Waals surface area (Å²) in [6.07, 6.45) is 1.21. The minimum atomic E-state index is -3.30. The summed E-state index contributed by atoms with van der Waals surface area (Å²) in [5.41, 5.74) is 6.11. The van der Waals surface area contributed by atoms with E-state index in [1.165, 1.54) is 4.31 Å². The van der Waals surface area contributed by atoms with Gasteiger partial charge in [-0.1, -0.05) is 13.0 Å². The van der Waals surface area contributed by atoms with E-state index in [1.807, 2.05) is 6.92 Å². The lowest BCUT2D eigenvalue weighted by molar-refractivity contribution is 0.415. The first kappa shape index (κ1) is 15.8. The van der Waals surface area contributed by atoms with Gasteiger partial charge >= 0.3 is 0 Å². The van der Waals surface area contributed by atoms with E-state index < -0.39 is 10.0 Å². The molecule has 19 heavy (non-hydrogen) atoms. The molecule has 5 nitrogen and oxygen atoms in total. The summed E-state index contributed by atoms with van der Waals surface area (Å²) < 4.78 is 31.1. The SMILES string of the molecule is CCCS(=O)(=O)N(CCCN)c1cccc(OC)c1. The molecule has 0 saturated heterocycles. The first-order valence-corrected chi connectivity index (χ1v) is 8.00. The Morgan fingerprint density at radius 3 is 2.68 bits per heavy atom. The molecular formula is C13H22N2O3S. The molecule has 0 unspecified atom stereocenters. The molecule has 0 radical (unpaired) electrons. The molecule has 0 heterocycles. The third kappa shape index (κ3) is 4.40. The number of methoxy groups -OCH3 is 1. The largest absolute Gasteiger partial charge is 0.497 e. The Bertz CT molecular complexity index is 488. The Morgan fingerprint density at radius 1 is 1.37 bits per heavy atom. The van der Waals surface area contributed by atoms with Gasteiger partial charge in [-0.25, -0.2) is 8.42 Å². The smallest absolute Gasteiger partial charge is 0.235 e. The number of hydrogen-bond donors (Lipinski definition) is 1. The van der Waals surface area contributed by atoms with Crippen molar-refractivity contribution in [2.75, 3.05) is 30.3 Å². The molecule has 0 aliphatic heterocycles. The fraction of sp³-hybridized carbons (Fsp3) is 0.538. The lowest BCUT2D eigenvalue weighted by Crippen LogP contribution is -2.34. The van der Waals surface area contributed by atoms with Crippen molar-refractivity contribution >= 4 is 15.7 Å². The van der Waals surface area contributed by atoms with Crippen molar-refractivity contribution in [2.45, 2.75) is 19.8 Å². The van der Waals surface area contributed by atoms with Crippen LogP contribution in [-0.2, 0) is 10.0 Å². The van der Waals surface area contributed by atoms with E-state index in [1.54, 1.807) is 31.4 Å².